The van der Waals surface area contributed by atoms with E-state index < -0.39 is 11.9 Å². The van der Waals surface area contributed by atoms with E-state index in [1.54, 1.807) is 4.90 Å². The first-order valence-corrected chi connectivity index (χ1v) is 7.31. The van der Waals surface area contributed by atoms with Crippen molar-refractivity contribution in [3.05, 3.63) is 35.9 Å². The Hall–Kier alpha value is -1.88. The molecule has 1 aromatic rings. The van der Waals surface area contributed by atoms with Crippen LogP contribution in [0.4, 0.5) is 0 Å². The zero-order chi connectivity index (χ0) is 15.4. The van der Waals surface area contributed by atoms with Gasteiger partial charge in [0.2, 0.25) is 5.91 Å². The van der Waals surface area contributed by atoms with Gasteiger partial charge in [-0.05, 0) is 25.6 Å². The number of likely N-dealkylation sites (N-methyl/N-ethyl adjacent to an activating group) is 1. The summed E-state index contributed by atoms with van der Waals surface area (Å²) < 4.78 is 0. The van der Waals surface area contributed by atoms with Gasteiger partial charge in [0.05, 0.1) is 5.92 Å². The summed E-state index contributed by atoms with van der Waals surface area (Å²) >= 11 is 0. The lowest BCUT2D eigenvalue weighted by Gasteiger charge is -2.30. The molecular weight excluding hydrogens is 268 g/mol. The van der Waals surface area contributed by atoms with Crippen LogP contribution in [0.2, 0.25) is 0 Å². The third-order valence-electron chi connectivity index (χ3n) is 4.14. The van der Waals surface area contributed by atoms with Crippen LogP contribution in [-0.4, -0.2) is 53.5 Å². The topological polar surface area (TPSA) is 60.9 Å². The lowest BCUT2D eigenvalue weighted by atomic mass is 10.0. The number of hydrogen-bond donors (Lipinski definition) is 1. The summed E-state index contributed by atoms with van der Waals surface area (Å²) in [6, 6.07) is 9.31. The monoisotopic (exact) mass is 290 g/mol. The summed E-state index contributed by atoms with van der Waals surface area (Å²) in [5.74, 6) is -1.25. The third kappa shape index (κ3) is 3.42. The molecule has 0 radical (unpaired) electrons. The van der Waals surface area contributed by atoms with Crippen LogP contribution in [0.5, 0.6) is 0 Å². The zero-order valence-corrected chi connectivity index (χ0v) is 12.5. The minimum atomic E-state index is -0.814. The second-order valence-corrected chi connectivity index (χ2v) is 5.49. The van der Waals surface area contributed by atoms with Gasteiger partial charge in [-0.3, -0.25) is 14.5 Å². The first-order valence-electron chi connectivity index (χ1n) is 7.31. The molecule has 0 spiro atoms. The van der Waals surface area contributed by atoms with Crippen molar-refractivity contribution in [3.63, 3.8) is 0 Å². The van der Waals surface area contributed by atoms with Crippen molar-refractivity contribution in [2.75, 3.05) is 26.7 Å². The van der Waals surface area contributed by atoms with Crippen molar-refractivity contribution in [2.24, 2.45) is 5.92 Å². The molecule has 1 heterocycles. The standard InChI is InChI=1S/C16H22N2O3/c1-3-17(2)14(12-7-5-4-6-8-12)15(19)18-10-9-13(11-18)16(20)21/h4-8,13-14H,3,9-11H2,1-2H3,(H,20,21)/t13-,14+/m0/s1. The highest BCUT2D eigenvalue weighted by Crippen LogP contribution is 2.25. The maximum Gasteiger partial charge on any atom is 0.308 e. The number of nitrogens with zero attached hydrogens (tertiary/aromatic N) is 2. The average Bonchev–Trinajstić information content (AvgIpc) is 2.98. The van der Waals surface area contributed by atoms with Gasteiger partial charge in [0.25, 0.3) is 0 Å². The molecule has 114 valence electrons. The van der Waals surface area contributed by atoms with Gasteiger partial charge in [-0.25, -0.2) is 0 Å². The van der Waals surface area contributed by atoms with E-state index in [1.165, 1.54) is 0 Å². The molecule has 0 saturated carbocycles. The van der Waals surface area contributed by atoms with Crippen molar-refractivity contribution in [2.45, 2.75) is 19.4 Å². The molecule has 2 atom stereocenters. The van der Waals surface area contributed by atoms with Gasteiger partial charge < -0.3 is 10.0 Å². The van der Waals surface area contributed by atoms with E-state index in [-0.39, 0.29) is 11.9 Å². The average molecular weight is 290 g/mol. The molecule has 0 aromatic heterocycles. The molecule has 1 aliphatic rings. The van der Waals surface area contributed by atoms with Gasteiger partial charge in [0.15, 0.2) is 0 Å². The molecule has 0 bridgehead atoms. The fraction of sp³-hybridized carbons (Fsp3) is 0.500. The van der Waals surface area contributed by atoms with E-state index >= 15 is 0 Å². The Bertz CT molecular complexity index is 504. The fourth-order valence-corrected chi connectivity index (χ4v) is 2.74. The van der Waals surface area contributed by atoms with Crippen molar-refractivity contribution in [1.82, 2.24) is 9.80 Å². The third-order valence-corrected chi connectivity index (χ3v) is 4.14. The van der Waals surface area contributed by atoms with E-state index in [9.17, 15) is 9.59 Å². The normalized spacial score (nSPS) is 19.8. The van der Waals surface area contributed by atoms with Crippen LogP contribution in [0, 0.1) is 5.92 Å². The van der Waals surface area contributed by atoms with Crippen LogP contribution in [0.25, 0.3) is 0 Å². The summed E-state index contributed by atoms with van der Waals surface area (Å²) in [5, 5.41) is 9.08. The number of carbonyl (C=O) groups is 2. The van der Waals surface area contributed by atoms with Crippen LogP contribution in [0.1, 0.15) is 24.9 Å². The predicted octanol–water partition coefficient (Wildman–Crippen LogP) is 1.61. The van der Waals surface area contributed by atoms with Gasteiger partial charge in [-0.15, -0.1) is 0 Å². The van der Waals surface area contributed by atoms with Crippen LogP contribution in [0.15, 0.2) is 30.3 Å². The summed E-state index contributed by atoms with van der Waals surface area (Å²) in [7, 11) is 1.92. The molecule has 5 nitrogen and oxygen atoms in total. The molecule has 21 heavy (non-hydrogen) atoms. The molecule has 2 rings (SSSR count). The SMILES string of the molecule is CCN(C)[C@@H](C(=O)N1CC[C@H](C(=O)O)C1)c1ccccc1. The molecule has 1 fully saturated rings. The Kier molecular flexibility index (Phi) is 4.96. The van der Waals surface area contributed by atoms with E-state index in [2.05, 4.69) is 0 Å². The Labute approximate surface area is 125 Å². The number of likely N-dealkylation sites (tertiary alicyclic amines) is 1. The van der Waals surface area contributed by atoms with Gasteiger partial charge in [0, 0.05) is 13.1 Å². The van der Waals surface area contributed by atoms with E-state index in [0.717, 1.165) is 12.1 Å². The van der Waals surface area contributed by atoms with E-state index in [1.807, 2.05) is 49.2 Å². The minimum absolute atomic E-state index is 0.00528. The zero-order valence-electron chi connectivity index (χ0n) is 12.5. The van der Waals surface area contributed by atoms with Gasteiger partial charge in [-0.2, -0.15) is 0 Å². The number of hydrogen-bond acceptors (Lipinski definition) is 3. The molecule has 5 heteroatoms. The molecule has 1 aromatic carbocycles. The highest BCUT2D eigenvalue weighted by Gasteiger charge is 2.35. The maximum atomic E-state index is 12.8. The van der Waals surface area contributed by atoms with Crippen LogP contribution in [0.3, 0.4) is 0 Å². The summed E-state index contributed by atoms with van der Waals surface area (Å²) in [6.07, 6.45) is 0.540. The molecule has 0 aliphatic carbocycles. The van der Waals surface area contributed by atoms with E-state index in [4.69, 9.17) is 5.11 Å². The predicted molar refractivity (Wildman–Crippen MR) is 79.8 cm³/mol. The number of benzene rings is 1. The largest absolute Gasteiger partial charge is 0.481 e. The highest BCUT2D eigenvalue weighted by atomic mass is 16.4. The van der Waals surface area contributed by atoms with Crippen molar-refractivity contribution >= 4 is 11.9 Å². The van der Waals surface area contributed by atoms with Crippen LogP contribution < -0.4 is 0 Å². The van der Waals surface area contributed by atoms with Crippen molar-refractivity contribution in [3.8, 4) is 0 Å². The van der Waals surface area contributed by atoms with Gasteiger partial charge in [0.1, 0.15) is 6.04 Å². The summed E-state index contributed by atoms with van der Waals surface area (Å²) in [4.78, 5) is 27.5. The van der Waals surface area contributed by atoms with Crippen molar-refractivity contribution in [1.29, 1.82) is 0 Å². The minimum Gasteiger partial charge on any atom is -0.481 e. The second-order valence-electron chi connectivity index (χ2n) is 5.49. The number of carboxylic acid groups (broad SMARTS) is 1. The Morgan fingerprint density at radius 1 is 1.38 bits per heavy atom. The highest BCUT2D eigenvalue weighted by molar-refractivity contribution is 5.84. The maximum absolute atomic E-state index is 12.8. The number of amides is 1. The molecule has 0 unspecified atom stereocenters. The van der Waals surface area contributed by atoms with Crippen molar-refractivity contribution < 1.29 is 14.7 Å². The lowest BCUT2D eigenvalue weighted by molar-refractivity contribution is -0.141. The van der Waals surface area contributed by atoms with Crippen LogP contribution in [-0.2, 0) is 9.59 Å². The van der Waals surface area contributed by atoms with Gasteiger partial charge in [-0.1, -0.05) is 37.3 Å². The molecule has 1 aliphatic heterocycles. The first-order chi connectivity index (χ1) is 10.0. The summed E-state index contributed by atoms with van der Waals surface area (Å²) in [6.45, 7) is 3.60. The number of carbonyl (C=O) groups excluding carboxylic acids is 1. The molecule has 1 amide bonds. The molecule has 1 N–H and O–H groups in total. The first kappa shape index (κ1) is 15.5. The Morgan fingerprint density at radius 2 is 2.05 bits per heavy atom. The Balaban J connectivity index is 2.18. The summed E-state index contributed by atoms with van der Waals surface area (Å²) in [5.41, 5.74) is 0.950. The van der Waals surface area contributed by atoms with Gasteiger partial charge >= 0.3 is 5.97 Å². The number of carboxylic acids is 1. The Morgan fingerprint density at radius 3 is 2.57 bits per heavy atom. The smallest absolute Gasteiger partial charge is 0.308 e. The molecular formula is C16H22N2O3. The fourth-order valence-electron chi connectivity index (χ4n) is 2.74. The second kappa shape index (κ2) is 6.72. The lowest BCUT2D eigenvalue weighted by Crippen LogP contribution is -2.41. The quantitative estimate of drug-likeness (QED) is 0.895. The van der Waals surface area contributed by atoms with Crippen LogP contribution >= 0.6 is 0 Å². The number of aliphatic carboxylic acids is 1. The van der Waals surface area contributed by atoms with E-state index in [0.29, 0.717) is 19.5 Å². The molecule has 1 saturated heterocycles. The number of rotatable bonds is 5.